The van der Waals surface area contributed by atoms with E-state index < -0.39 is 0 Å². The van der Waals surface area contributed by atoms with E-state index in [2.05, 4.69) is 32.2 Å². The van der Waals surface area contributed by atoms with Crippen molar-refractivity contribution in [2.45, 2.75) is 18.9 Å². The first-order chi connectivity index (χ1) is 9.24. The lowest BCUT2D eigenvalue weighted by atomic mass is 10.1. The van der Waals surface area contributed by atoms with Crippen LogP contribution in [0.1, 0.15) is 18.4 Å². The second kappa shape index (κ2) is 6.90. The number of rotatable bonds is 5. The van der Waals surface area contributed by atoms with Crippen LogP contribution in [0.15, 0.2) is 22.7 Å². The van der Waals surface area contributed by atoms with Crippen LogP contribution in [0.3, 0.4) is 0 Å². The molecule has 1 aromatic carbocycles. The molecule has 0 aromatic heterocycles. The monoisotopic (exact) mass is 323 g/mol. The van der Waals surface area contributed by atoms with Gasteiger partial charge in [0.1, 0.15) is 6.07 Å². The van der Waals surface area contributed by atoms with Crippen LogP contribution in [0.2, 0.25) is 0 Å². The molecular weight excluding hydrogens is 306 g/mol. The van der Waals surface area contributed by atoms with Crippen molar-refractivity contribution in [2.24, 2.45) is 0 Å². The van der Waals surface area contributed by atoms with Gasteiger partial charge in [-0.15, -0.1) is 0 Å². The fourth-order valence-corrected chi connectivity index (χ4v) is 2.87. The van der Waals surface area contributed by atoms with Crippen molar-refractivity contribution in [3.8, 4) is 6.07 Å². The highest BCUT2D eigenvalue weighted by atomic mass is 79.9. The van der Waals surface area contributed by atoms with Crippen LogP contribution in [0.5, 0.6) is 0 Å². The van der Waals surface area contributed by atoms with Crippen molar-refractivity contribution >= 4 is 21.6 Å². The summed E-state index contributed by atoms with van der Waals surface area (Å²) in [6.45, 7) is 2.70. The lowest BCUT2D eigenvalue weighted by Gasteiger charge is -2.27. The van der Waals surface area contributed by atoms with E-state index in [1.54, 1.807) is 0 Å². The van der Waals surface area contributed by atoms with Gasteiger partial charge in [0.2, 0.25) is 0 Å². The molecule has 0 radical (unpaired) electrons. The third-order valence-electron chi connectivity index (χ3n) is 3.41. The topological polar surface area (TPSA) is 59.3 Å². The Kier molecular flexibility index (Phi) is 5.20. The fraction of sp³-hybridized carbons (Fsp3) is 0.500. The van der Waals surface area contributed by atoms with Crippen LogP contribution < -0.4 is 10.2 Å². The molecule has 5 heteroatoms. The van der Waals surface area contributed by atoms with Crippen molar-refractivity contribution in [1.82, 2.24) is 5.32 Å². The van der Waals surface area contributed by atoms with Gasteiger partial charge in [-0.05, 0) is 53.5 Å². The first-order valence-corrected chi connectivity index (χ1v) is 7.32. The van der Waals surface area contributed by atoms with Gasteiger partial charge in [0, 0.05) is 29.3 Å². The lowest BCUT2D eigenvalue weighted by molar-refractivity contribution is 0.300. The number of hydrogen-bond acceptors (Lipinski definition) is 4. The van der Waals surface area contributed by atoms with E-state index >= 15 is 0 Å². The molecule has 1 aromatic rings. The van der Waals surface area contributed by atoms with Crippen molar-refractivity contribution in [3.05, 3.63) is 28.2 Å². The smallest absolute Gasteiger partial charge is 0.100 e. The molecule has 0 saturated carbocycles. The van der Waals surface area contributed by atoms with Gasteiger partial charge >= 0.3 is 0 Å². The number of aliphatic hydroxyl groups excluding tert-OH is 1. The Bertz CT molecular complexity index is 466. The molecule has 4 nitrogen and oxygen atoms in total. The minimum absolute atomic E-state index is 0.129. The second-order valence-corrected chi connectivity index (χ2v) is 5.59. The number of nitriles is 1. The maximum Gasteiger partial charge on any atom is 0.100 e. The van der Waals surface area contributed by atoms with E-state index in [4.69, 9.17) is 5.26 Å². The third kappa shape index (κ3) is 3.69. The Morgan fingerprint density at radius 1 is 1.53 bits per heavy atom. The molecular formula is C14H18BrN3O. The van der Waals surface area contributed by atoms with Crippen LogP contribution in [0.4, 0.5) is 5.69 Å². The zero-order chi connectivity index (χ0) is 13.7. The van der Waals surface area contributed by atoms with Crippen molar-refractivity contribution < 1.29 is 5.11 Å². The summed E-state index contributed by atoms with van der Waals surface area (Å²) in [5.41, 5.74) is 1.67. The number of nitrogens with zero attached hydrogens (tertiary/aromatic N) is 2. The van der Waals surface area contributed by atoms with E-state index in [0.29, 0.717) is 18.2 Å². The summed E-state index contributed by atoms with van der Waals surface area (Å²) in [7, 11) is 0. The SMILES string of the molecule is N#Cc1ccc(N(CCO)CC2CCCN2)cc1Br. The number of benzene rings is 1. The third-order valence-corrected chi connectivity index (χ3v) is 4.07. The molecule has 0 amide bonds. The largest absolute Gasteiger partial charge is 0.395 e. The molecule has 102 valence electrons. The first-order valence-electron chi connectivity index (χ1n) is 6.53. The zero-order valence-electron chi connectivity index (χ0n) is 10.8. The molecule has 1 atom stereocenters. The Balaban J connectivity index is 2.13. The van der Waals surface area contributed by atoms with Crippen molar-refractivity contribution in [3.63, 3.8) is 0 Å². The van der Waals surface area contributed by atoms with Gasteiger partial charge in [0.25, 0.3) is 0 Å². The summed E-state index contributed by atoms with van der Waals surface area (Å²) in [6, 6.07) is 8.32. The standard InChI is InChI=1S/C14H18BrN3O/c15-14-8-13(4-3-11(14)9-16)18(6-7-19)10-12-2-1-5-17-12/h3-4,8,12,17,19H,1-2,5-7,10H2. The summed E-state index contributed by atoms with van der Waals surface area (Å²) < 4.78 is 0.801. The Labute approximate surface area is 122 Å². The van der Waals surface area contributed by atoms with E-state index in [-0.39, 0.29) is 6.61 Å². The molecule has 1 heterocycles. The predicted molar refractivity (Wildman–Crippen MR) is 79.2 cm³/mol. The second-order valence-electron chi connectivity index (χ2n) is 4.74. The van der Waals surface area contributed by atoms with Crippen molar-refractivity contribution in [1.29, 1.82) is 5.26 Å². The van der Waals surface area contributed by atoms with Gasteiger partial charge in [-0.2, -0.15) is 5.26 Å². The van der Waals surface area contributed by atoms with Crippen LogP contribution in [0.25, 0.3) is 0 Å². The maximum atomic E-state index is 9.22. The molecule has 1 aliphatic rings. The van der Waals surface area contributed by atoms with Gasteiger partial charge in [-0.1, -0.05) is 0 Å². The summed E-state index contributed by atoms with van der Waals surface area (Å²) in [5, 5.41) is 21.6. The van der Waals surface area contributed by atoms with Crippen LogP contribution in [0, 0.1) is 11.3 Å². The minimum atomic E-state index is 0.129. The van der Waals surface area contributed by atoms with Gasteiger partial charge < -0.3 is 15.3 Å². The zero-order valence-corrected chi connectivity index (χ0v) is 12.4. The number of hydrogen-bond donors (Lipinski definition) is 2. The Morgan fingerprint density at radius 2 is 2.37 bits per heavy atom. The highest BCUT2D eigenvalue weighted by Crippen LogP contribution is 2.24. The number of aliphatic hydroxyl groups is 1. The average Bonchev–Trinajstić information content (AvgIpc) is 2.91. The molecule has 0 bridgehead atoms. The molecule has 0 spiro atoms. The van der Waals surface area contributed by atoms with E-state index in [1.807, 2.05) is 18.2 Å². The minimum Gasteiger partial charge on any atom is -0.395 e. The van der Waals surface area contributed by atoms with Gasteiger partial charge in [-0.25, -0.2) is 0 Å². The van der Waals surface area contributed by atoms with E-state index in [1.165, 1.54) is 12.8 Å². The fourth-order valence-electron chi connectivity index (χ4n) is 2.42. The van der Waals surface area contributed by atoms with E-state index in [9.17, 15) is 5.11 Å². The van der Waals surface area contributed by atoms with Gasteiger partial charge in [0.05, 0.1) is 12.2 Å². The quantitative estimate of drug-likeness (QED) is 0.868. The first kappa shape index (κ1) is 14.3. The van der Waals surface area contributed by atoms with Gasteiger partial charge in [-0.3, -0.25) is 0 Å². The number of anilines is 1. The Morgan fingerprint density at radius 3 is 2.95 bits per heavy atom. The molecule has 1 fully saturated rings. The molecule has 0 aliphatic carbocycles. The molecule has 19 heavy (non-hydrogen) atoms. The maximum absolute atomic E-state index is 9.22. The summed E-state index contributed by atoms with van der Waals surface area (Å²) in [4.78, 5) is 2.16. The number of halogens is 1. The van der Waals surface area contributed by atoms with Crippen LogP contribution in [-0.4, -0.2) is 37.4 Å². The molecule has 1 unspecified atom stereocenters. The summed E-state index contributed by atoms with van der Waals surface area (Å²) in [6.07, 6.45) is 2.40. The molecule has 1 aliphatic heterocycles. The molecule has 1 saturated heterocycles. The predicted octanol–water partition coefficient (Wildman–Crippen LogP) is 1.87. The highest BCUT2D eigenvalue weighted by molar-refractivity contribution is 9.10. The summed E-state index contributed by atoms with van der Waals surface area (Å²) >= 11 is 3.41. The highest BCUT2D eigenvalue weighted by Gasteiger charge is 2.18. The Hall–Kier alpha value is -1.09. The normalized spacial score (nSPS) is 18.3. The molecule has 2 rings (SSSR count). The number of nitrogens with one attached hydrogen (secondary N) is 1. The average molecular weight is 324 g/mol. The van der Waals surface area contributed by atoms with Crippen LogP contribution in [-0.2, 0) is 0 Å². The lowest BCUT2D eigenvalue weighted by Crippen LogP contribution is -2.39. The van der Waals surface area contributed by atoms with Crippen LogP contribution >= 0.6 is 15.9 Å². The summed E-state index contributed by atoms with van der Waals surface area (Å²) in [5.74, 6) is 0. The van der Waals surface area contributed by atoms with E-state index in [0.717, 1.165) is 23.2 Å². The molecule has 2 N–H and O–H groups in total. The van der Waals surface area contributed by atoms with Crippen molar-refractivity contribution in [2.75, 3.05) is 31.1 Å². The van der Waals surface area contributed by atoms with Gasteiger partial charge in [0.15, 0.2) is 0 Å².